The van der Waals surface area contributed by atoms with E-state index in [4.69, 9.17) is 0 Å². The molecule has 0 aliphatic carbocycles. The number of thioether (sulfide) groups is 1. The van der Waals surface area contributed by atoms with Crippen LogP contribution in [0.1, 0.15) is 16.2 Å². The molecule has 6 heteroatoms. The Labute approximate surface area is 111 Å². The summed E-state index contributed by atoms with van der Waals surface area (Å²) in [5, 5.41) is 3.12. The number of carbonyl (C=O) groups is 1. The van der Waals surface area contributed by atoms with Gasteiger partial charge in [-0.2, -0.15) is 11.8 Å². The van der Waals surface area contributed by atoms with E-state index < -0.39 is 5.97 Å². The van der Waals surface area contributed by atoms with Gasteiger partial charge in [-0.3, -0.25) is 0 Å². The minimum Gasteiger partial charge on any atom is -0.465 e. The van der Waals surface area contributed by atoms with Gasteiger partial charge in [0.05, 0.1) is 7.11 Å². The number of methoxy groups -OCH3 is 1. The maximum atomic E-state index is 11.5. The summed E-state index contributed by atoms with van der Waals surface area (Å²) in [5.41, 5.74) is 0.358. The van der Waals surface area contributed by atoms with E-state index in [1.165, 1.54) is 13.3 Å². The molecule has 1 aromatic heterocycles. The number of ether oxygens (including phenoxy) is 1. The Bertz CT molecular complexity index is 424. The van der Waals surface area contributed by atoms with Crippen LogP contribution in [0.15, 0.2) is 18.9 Å². The first-order valence-corrected chi connectivity index (χ1v) is 6.69. The lowest BCUT2D eigenvalue weighted by Crippen LogP contribution is -2.13. The summed E-state index contributed by atoms with van der Waals surface area (Å²) in [4.78, 5) is 19.7. The Morgan fingerprint density at radius 3 is 3.11 bits per heavy atom. The predicted octanol–water partition coefficient (Wildman–Crippen LogP) is 1.90. The zero-order valence-corrected chi connectivity index (χ0v) is 11.4. The molecule has 98 valence electrons. The lowest BCUT2D eigenvalue weighted by atomic mass is 10.3. The first-order valence-electron chi connectivity index (χ1n) is 5.53. The van der Waals surface area contributed by atoms with Gasteiger partial charge in [-0.1, -0.05) is 6.08 Å². The van der Waals surface area contributed by atoms with Gasteiger partial charge in [0.15, 0.2) is 0 Å². The predicted molar refractivity (Wildman–Crippen MR) is 74.1 cm³/mol. The molecule has 0 radical (unpaired) electrons. The minimum absolute atomic E-state index is 0.358. The highest BCUT2D eigenvalue weighted by Gasteiger charge is 2.13. The summed E-state index contributed by atoms with van der Waals surface area (Å²) in [6, 6.07) is 0. The Kier molecular flexibility index (Phi) is 6.21. The molecule has 0 spiro atoms. The van der Waals surface area contributed by atoms with Crippen LogP contribution in [0, 0.1) is 6.92 Å². The summed E-state index contributed by atoms with van der Waals surface area (Å²) in [5.74, 6) is 2.53. The lowest BCUT2D eigenvalue weighted by Gasteiger charge is -2.09. The molecule has 0 aromatic carbocycles. The van der Waals surface area contributed by atoms with Crippen molar-refractivity contribution < 1.29 is 9.53 Å². The first kappa shape index (κ1) is 14.5. The molecule has 1 aromatic rings. The fraction of sp³-hybridized carbons (Fsp3) is 0.417. The monoisotopic (exact) mass is 267 g/mol. The maximum absolute atomic E-state index is 11.5. The third-order valence-electron chi connectivity index (χ3n) is 2.09. The van der Waals surface area contributed by atoms with Crippen molar-refractivity contribution in [1.82, 2.24) is 9.97 Å². The molecule has 1 N–H and O–H groups in total. The SMILES string of the molecule is C=CCSCCNc1nc(C)ncc1C(=O)OC. The second-order valence-electron chi connectivity index (χ2n) is 3.46. The first-order chi connectivity index (χ1) is 8.69. The van der Waals surface area contributed by atoms with Gasteiger partial charge in [0.2, 0.25) is 0 Å². The molecular weight excluding hydrogens is 250 g/mol. The molecule has 0 fully saturated rings. The Balaban J connectivity index is 2.64. The van der Waals surface area contributed by atoms with E-state index in [1.54, 1.807) is 18.7 Å². The number of aromatic nitrogens is 2. The summed E-state index contributed by atoms with van der Waals surface area (Å²) in [6.07, 6.45) is 3.34. The lowest BCUT2D eigenvalue weighted by molar-refractivity contribution is 0.0601. The van der Waals surface area contributed by atoms with Gasteiger partial charge in [-0.05, 0) is 6.92 Å². The number of rotatable bonds is 7. The third kappa shape index (κ3) is 4.37. The quantitative estimate of drug-likeness (QED) is 0.462. The number of anilines is 1. The minimum atomic E-state index is -0.434. The Hall–Kier alpha value is -1.56. The number of esters is 1. The summed E-state index contributed by atoms with van der Waals surface area (Å²) in [7, 11) is 1.34. The van der Waals surface area contributed by atoms with Gasteiger partial charge in [0, 0.05) is 24.2 Å². The zero-order valence-electron chi connectivity index (χ0n) is 10.6. The van der Waals surface area contributed by atoms with Gasteiger partial charge >= 0.3 is 5.97 Å². The van der Waals surface area contributed by atoms with E-state index in [2.05, 4.69) is 26.6 Å². The van der Waals surface area contributed by atoms with E-state index in [9.17, 15) is 4.79 Å². The number of carbonyl (C=O) groups excluding carboxylic acids is 1. The van der Waals surface area contributed by atoms with Crippen molar-refractivity contribution in [3.05, 3.63) is 30.2 Å². The highest BCUT2D eigenvalue weighted by molar-refractivity contribution is 7.99. The molecule has 18 heavy (non-hydrogen) atoms. The fourth-order valence-electron chi connectivity index (χ4n) is 1.27. The number of hydrogen-bond donors (Lipinski definition) is 1. The highest BCUT2D eigenvalue weighted by Crippen LogP contribution is 2.13. The fourth-order valence-corrected chi connectivity index (χ4v) is 1.85. The average molecular weight is 267 g/mol. The standard InChI is InChI=1S/C12H17N3O2S/c1-4-6-18-7-5-13-11-10(12(16)17-3)8-14-9(2)15-11/h4,8H,1,5-7H2,2-3H3,(H,13,14,15). The van der Waals surface area contributed by atoms with Gasteiger partial charge in [-0.15, -0.1) is 6.58 Å². The molecule has 0 aliphatic heterocycles. The number of aryl methyl sites for hydroxylation is 1. The molecule has 0 aliphatic rings. The van der Waals surface area contributed by atoms with Crippen LogP contribution in [0.2, 0.25) is 0 Å². The zero-order chi connectivity index (χ0) is 13.4. The smallest absolute Gasteiger partial charge is 0.343 e. The van der Waals surface area contributed by atoms with Crippen LogP contribution in [0.5, 0.6) is 0 Å². The van der Waals surface area contributed by atoms with Crippen LogP contribution in [-0.4, -0.2) is 41.1 Å². The highest BCUT2D eigenvalue weighted by atomic mass is 32.2. The third-order valence-corrected chi connectivity index (χ3v) is 3.05. The van der Waals surface area contributed by atoms with Crippen LogP contribution >= 0.6 is 11.8 Å². The van der Waals surface area contributed by atoms with E-state index in [-0.39, 0.29) is 0 Å². The van der Waals surface area contributed by atoms with E-state index in [0.717, 1.165) is 18.1 Å². The van der Waals surface area contributed by atoms with Crippen molar-refractivity contribution in [3.8, 4) is 0 Å². The number of nitrogens with one attached hydrogen (secondary N) is 1. The van der Waals surface area contributed by atoms with Crippen molar-refractivity contribution >= 4 is 23.5 Å². The molecule has 0 atom stereocenters. The summed E-state index contributed by atoms with van der Waals surface area (Å²) in [6.45, 7) is 6.15. The summed E-state index contributed by atoms with van der Waals surface area (Å²) >= 11 is 1.76. The molecule has 0 saturated heterocycles. The molecule has 0 unspecified atom stereocenters. The van der Waals surface area contributed by atoms with Crippen LogP contribution in [0.3, 0.4) is 0 Å². The largest absolute Gasteiger partial charge is 0.465 e. The van der Waals surface area contributed by atoms with E-state index in [1.807, 2.05) is 6.08 Å². The number of nitrogens with zero attached hydrogens (tertiary/aromatic N) is 2. The van der Waals surface area contributed by atoms with Crippen molar-refractivity contribution in [2.24, 2.45) is 0 Å². The van der Waals surface area contributed by atoms with Gasteiger partial charge in [0.1, 0.15) is 17.2 Å². The van der Waals surface area contributed by atoms with E-state index in [0.29, 0.717) is 17.2 Å². The molecule has 5 nitrogen and oxygen atoms in total. The molecule has 0 amide bonds. The van der Waals surface area contributed by atoms with Gasteiger partial charge in [0.25, 0.3) is 0 Å². The molecule has 0 bridgehead atoms. The second-order valence-corrected chi connectivity index (χ2v) is 4.61. The maximum Gasteiger partial charge on any atom is 0.343 e. The Morgan fingerprint density at radius 1 is 1.67 bits per heavy atom. The van der Waals surface area contributed by atoms with Crippen molar-refractivity contribution in [2.75, 3.05) is 30.5 Å². The van der Waals surface area contributed by atoms with Crippen LogP contribution in [0.4, 0.5) is 5.82 Å². The van der Waals surface area contributed by atoms with Gasteiger partial charge in [-0.25, -0.2) is 14.8 Å². The molecule has 1 rings (SSSR count). The molecule has 0 saturated carbocycles. The van der Waals surface area contributed by atoms with Crippen LogP contribution in [0.25, 0.3) is 0 Å². The summed E-state index contributed by atoms with van der Waals surface area (Å²) < 4.78 is 4.68. The van der Waals surface area contributed by atoms with Crippen molar-refractivity contribution in [1.29, 1.82) is 0 Å². The van der Waals surface area contributed by atoms with Crippen molar-refractivity contribution in [3.63, 3.8) is 0 Å². The van der Waals surface area contributed by atoms with Gasteiger partial charge < -0.3 is 10.1 Å². The van der Waals surface area contributed by atoms with Crippen molar-refractivity contribution in [2.45, 2.75) is 6.92 Å². The molecular formula is C12H17N3O2S. The topological polar surface area (TPSA) is 64.1 Å². The number of hydrogen-bond acceptors (Lipinski definition) is 6. The normalized spacial score (nSPS) is 9.89. The second kappa shape index (κ2) is 7.71. The average Bonchev–Trinajstić information content (AvgIpc) is 2.38. The Morgan fingerprint density at radius 2 is 2.44 bits per heavy atom. The van der Waals surface area contributed by atoms with Crippen LogP contribution in [-0.2, 0) is 4.74 Å². The molecule has 1 heterocycles. The van der Waals surface area contributed by atoms with Crippen LogP contribution < -0.4 is 5.32 Å². The van der Waals surface area contributed by atoms with E-state index >= 15 is 0 Å².